The molecule has 0 bridgehead atoms. The zero-order valence-corrected chi connectivity index (χ0v) is 14.8. The number of anilines is 1. The number of nitrogens with two attached hydrogens (primary N) is 1. The first kappa shape index (κ1) is 16.0. The number of H-pyrrole nitrogens is 1. The van der Waals surface area contributed by atoms with Gasteiger partial charge in [0.05, 0.1) is 17.1 Å². The molecule has 0 spiro atoms. The summed E-state index contributed by atoms with van der Waals surface area (Å²) in [7, 11) is 0. The Morgan fingerprint density at radius 2 is 2.12 bits per heavy atom. The fourth-order valence-corrected chi connectivity index (χ4v) is 3.71. The van der Waals surface area contributed by atoms with Crippen LogP contribution in [0, 0.1) is 13.8 Å². The number of aryl methyl sites for hydroxylation is 2. The van der Waals surface area contributed by atoms with Gasteiger partial charge < -0.3 is 15.6 Å². The number of imidazole rings is 1. The molecule has 0 amide bonds. The van der Waals surface area contributed by atoms with Crippen LogP contribution < -0.4 is 10.6 Å². The Hall–Kier alpha value is -2.47. The molecular weight excluding hydrogens is 312 g/mol. The maximum atomic E-state index is 5.70. The zero-order chi connectivity index (χ0) is 17.4. The predicted molar refractivity (Wildman–Crippen MR) is 99.7 cm³/mol. The lowest BCUT2D eigenvalue weighted by atomic mass is 10.2. The van der Waals surface area contributed by atoms with Gasteiger partial charge in [-0.25, -0.2) is 15.0 Å². The number of aromatic amines is 1. The Bertz CT molecular complexity index is 900. The average molecular weight is 336 g/mol. The Morgan fingerprint density at radius 3 is 2.92 bits per heavy atom. The van der Waals surface area contributed by atoms with E-state index < -0.39 is 0 Å². The SMILES string of the molecule is Cc1nc(CCN)cc(N2CCC[C@@H]2c2nc3c(C)cccc3[nH]2)n1. The van der Waals surface area contributed by atoms with E-state index in [1.165, 1.54) is 5.56 Å². The fourth-order valence-electron chi connectivity index (χ4n) is 3.71. The van der Waals surface area contributed by atoms with Crippen molar-refractivity contribution in [2.24, 2.45) is 5.73 Å². The molecule has 6 heteroatoms. The second-order valence-electron chi connectivity index (χ2n) is 6.75. The summed E-state index contributed by atoms with van der Waals surface area (Å²) in [6, 6.07) is 8.57. The van der Waals surface area contributed by atoms with Gasteiger partial charge in [-0.1, -0.05) is 12.1 Å². The Balaban J connectivity index is 1.71. The normalized spacial score (nSPS) is 17.6. The molecule has 1 fully saturated rings. The van der Waals surface area contributed by atoms with Gasteiger partial charge >= 0.3 is 0 Å². The van der Waals surface area contributed by atoms with Crippen molar-refractivity contribution >= 4 is 16.9 Å². The van der Waals surface area contributed by atoms with Gasteiger partial charge in [-0.05, 0) is 44.9 Å². The largest absolute Gasteiger partial charge is 0.346 e. The van der Waals surface area contributed by atoms with Crippen LogP contribution in [0.1, 0.15) is 41.8 Å². The lowest BCUT2D eigenvalue weighted by Crippen LogP contribution is -2.25. The maximum absolute atomic E-state index is 5.70. The van der Waals surface area contributed by atoms with E-state index in [9.17, 15) is 0 Å². The highest BCUT2D eigenvalue weighted by molar-refractivity contribution is 5.78. The molecule has 2 aromatic heterocycles. The molecule has 130 valence electrons. The van der Waals surface area contributed by atoms with Crippen molar-refractivity contribution in [1.29, 1.82) is 0 Å². The molecule has 1 aromatic carbocycles. The summed E-state index contributed by atoms with van der Waals surface area (Å²) in [5, 5.41) is 0. The molecular formula is C19H24N6. The molecule has 6 nitrogen and oxygen atoms in total. The van der Waals surface area contributed by atoms with Crippen LogP contribution in [-0.2, 0) is 6.42 Å². The van der Waals surface area contributed by atoms with Crippen molar-refractivity contribution in [2.45, 2.75) is 39.2 Å². The molecule has 1 aliphatic rings. The molecule has 3 heterocycles. The summed E-state index contributed by atoms with van der Waals surface area (Å²) < 4.78 is 0. The quantitative estimate of drug-likeness (QED) is 0.765. The van der Waals surface area contributed by atoms with E-state index in [1.807, 2.05) is 6.92 Å². The van der Waals surface area contributed by atoms with E-state index in [1.54, 1.807) is 0 Å². The molecule has 4 rings (SSSR count). The third-order valence-electron chi connectivity index (χ3n) is 4.87. The summed E-state index contributed by atoms with van der Waals surface area (Å²) in [5.74, 6) is 2.81. The van der Waals surface area contributed by atoms with Crippen LogP contribution in [0.15, 0.2) is 24.3 Å². The van der Waals surface area contributed by atoms with Crippen molar-refractivity contribution in [3.8, 4) is 0 Å². The zero-order valence-electron chi connectivity index (χ0n) is 14.8. The molecule has 0 aliphatic carbocycles. The summed E-state index contributed by atoms with van der Waals surface area (Å²) in [6.07, 6.45) is 2.99. The second kappa shape index (κ2) is 6.44. The number of benzene rings is 1. The number of fused-ring (bicyclic) bond motifs is 1. The van der Waals surface area contributed by atoms with Gasteiger partial charge in [0.15, 0.2) is 0 Å². The van der Waals surface area contributed by atoms with Crippen molar-refractivity contribution < 1.29 is 0 Å². The topological polar surface area (TPSA) is 83.7 Å². The average Bonchev–Trinajstić information content (AvgIpc) is 3.22. The van der Waals surface area contributed by atoms with Gasteiger partial charge in [-0.3, -0.25) is 0 Å². The van der Waals surface area contributed by atoms with Gasteiger partial charge in [0.25, 0.3) is 0 Å². The summed E-state index contributed by atoms with van der Waals surface area (Å²) >= 11 is 0. The first-order chi connectivity index (χ1) is 12.2. The minimum Gasteiger partial charge on any atom is -0.346 e. The van der Waals surface area contributed by atoms with Crippen LogP contribution >= 0.6 is 0 Å². The highest BCUT2D eigenvalue weighted by Gasteiger charge is 2.30. The van der Waals surface area contributed by atoms with Crippen molar-refractivity contribution in [2.75, 3.05) is 18.0 Å². The highest BCUT2D eigenvalue weighted by Crippen LogP contribution is 2.35. The molecule has 0 saturated carbocycles. The van der Waals surface area contributed by atoms with E-state index in [2.05, 4.69) is 51.0 Å². The standard InChI is InChI=1S/C19H24N6/c1-12-5-3-6-15-18(12)24-19(23-15)16-7-4-10-25(16)17-11-14(8-9-20)21-13(2)22-17/h3,5-6,11,16H,4,7-10,20H2,1-2H3,(H,23,24)/t16-/m1/s1. The third kappa shape index (κ3) is 2.98. The van der Waals surface area contributed by atoms with Crippen LogP contribution in [0.4, 0.5) is 5.82 Å². The van der Waals surface area contributed by atoms with Crippen LogP contribution in [-0.4, -0.2) is 33.0 Å². The number of para-hydroxylation sites is 1. The summed E-state index contributed by atoms with van der Waals surface area (Å²) in [6.45, 7) is 5.63. The van der Waals surface area contributed by atoms with Crippen molar-refractivity contribution in [3.63, 3.8) is 0 Å². The van der Waals surface area contributed by atoms with E-state index in [0.29, 0.717) is 6.54 Å². The van der Waals surface area contributed by atoms with E-state index in [0.717, 1.165) is 60.0 Å². The Morgan fingerprint density at radius 1 is 1.24 bits per heavy atom. The summed E-state index contributed by atoms with van der Waals surface area (Å²) in [4.78, 5) is 19.9. The first-order valence-corrected chi connectivity index (χ1v) is 8.92. The van der Waals surface area contributed by atoms with Gasteiger partial charge in [0, 0.05) is 24.7 Å². The Labute approximate surface area is 147 Å². The molecule has 1 saturated heterocycles. The summed E-state index contributed by atoms with van der Waals surface area (Å²) in [5.41, 5.74) is 10.1. The molecule has 1 atom stereocenters. The maximum Gasteiger partial charge on any atom is 0.133 e. The minimum absolute atomic E-state index is 0.229. The van der Waals surface area contributed by atoms with Crippen molar-refractivity contribution in [3.05, 3.63) is 47.2 Å². The smallest absolute Gasteiger partial charge is 0.133 e. The fraction of sp³-hybridized carbons (Fsp3) is 0.421. The molecule has 25 heavy (non-hydrogen) atoms. The predicted octanol–water partition coefficient (Wildman–Crippen LogP) is 2.81. The lowest BCUT2D eigenvalue weighted by molar-refractivity contribution is 0.669. The van der Waals surface area contributed by atoms with E-state index >= 15 is 0 Å². The highest BCUT2D eigenvalue weighted by atomic mass is 15.3. The first-order valence-electron chi connectivity index (χ1n) is 8.92. The number of aromatic nitrogens is 4. The molecule has 0 unspecified atom stereocenters. The number of rotatable bonds is 4. The van der Waals surface area contributed by atoms with Crippen LogP contribution in [0.25, 0.3) is 11.0 Å². The molecule has 1 aliphatic heterocycles. The number of hydrogen-bond acceptors (Lipinski definition) is 5. The molecule has 3 N–H and O–H groups in total. The van der Waals surface area contributed by atoms with Crippen molar-refractivity contribution in [1.82, 2.24) is 19.9 Å². The Kier molecular flexibility index (Phi) is 4.13. The van der Waals surface area contributed by atoms with Crippen LogP contribution in [0.2, 0.25) is 0 Å². The number of nitrogens with zero attached hydrogens (tertiary/aromatic N) is 4. The van der Waals surface area contributed by atoms with Gasteiger partial charge in [0.2, 0.25) is 0 Å². The van der Waals surface area contributed by atoms with E-state index in [-0.39, 0.29) is 6.04 Å². The lowest BCUT2D eigenvalue weighted by Gasteiger charge is -2.24. The molecule has 0 radical (unpaired) electrons. The van der Waals surface area contributed by atoms with Crippen LogP contribution in [0.3, 0.4) is 0 Å². The molecule has 3 aromatic rings. The monoisotopic (exact) mass is 336 g/mol. The van der Waals surface area contributed by atoms with E-state index in [4.69, 9.17) is 10.7 Å². The second-order valence-corrected chi connectivity index (χ2v) is 6.75. The van der Waals surface area contributed by atoms with Gasteiger partial charge in [-0.15, -0.1) is 0 Å². The minimum atomic E-state index is 0.229. The van der Waals surface area contributed by atoms with Gasteiger partial charge in [-0.2, -0.15) is 0 Å². The number of nitrogens with one attached hydrogen (secondary N) is 1. The van der Waals surface area contributed by atoms with Gasteiger partial charge in [0.1, 0.15) is 17.5 Å². The van der Waals surface area contributed by atoms with Crippen LogP contribution in [0.5, 0.6) is 0 Å². The third-order valence-corrected chi connectivity index (χ3v) is 4.87. The number of hydrogen-bond donors (Lipinski definition) is 2.